The number of pyridine rings is 1. The van der Waals surface area contributed by atoms with Gasteiger partial charge in [0.25, 0.3) is 12.3 Å². The maximum Gasteiger partial charge on any atom is 0.297 e. The Labute approximate surface area is 156 Å². The molecule has 0 bridgehead atoms. The Balaban J connectivity index is 1.91. The van der Waals surface area contributed by atoms with Crippen LogP contribution in [0.3, 0.4) is 0 Å². The van der Waals surface area contributed by atoms with E-state index in [0.717, 1.165) is 14.4 Å². The van der Waals surface area contributed by atoms with Gasteiger partial charge in [0.2, 0.25) is 5.82 Å². The summed E-state index contributed by atoms with van der Waals surface area (Å²) >= 11 is 3.31. The highest BCUT2D eigenvalue weighted by Crippen LogP contribution is 2.19. The van der Waals surface area contributed by atoms with Crippen molar-refractivity contribution in [2.24, 2.45) is 4.36 Å². The molecule has 26 heavy (non-hydrogen) atoms. The summed E-state index contributed by atoms with van der Waals surface area (Å²) in [5.74, 6) is -1.21. The Morgan fingerprint density at radius 2 is 1.92 bits per heavy atom. The molecule has 10 heteroatoms. The minimum absolute atomic E-state index is 0.0320. The van der Waals surface area contributed by atoms with Crippen molar-refractivity contribution in [2.45, 2.75) is 12.2 Å². The van der Waals surface area contributed by atoms with Crippen LogP contribution in [0.25, 0.3) is 5.65 Å². The number of amides is 1. The van der Waals surface area contributed by atoms with E-state index in [2.05, 4.69) is 30.5 Å². The van der Waals surface area contributed by atoms with Gasteiger partial charge in [0, 0.05) is 16.9 Å². The molecule has 2 heterocycles. The van der Waals surface area contributed by atoms with Crippen LogP contribution in [0, 0.1) is 0 Å². The molecule has 136 valence electrons. The summed E-state index contributed by atoms with van der Waals surface area (Å²) in [7, 11) is -2.84. The number of halogens is 3. The van der Waals surface area contributed by atoms with Crippen LogP contribution in [0.1, 0.15) is 28.2 Å². The molecule has 1 unspecified atom stereocenters. The maximum absolute atomic E-state index is 12.9. The van der Waals surface area contributed by atoms with Crippen LogP contribution in [0.2, 0.25) is 0 Å². The van der Waals surface area contributed by atoms with E-state index in [1.54, 1.807) is 24.3 Å². The first-order chi connectivity index (χ1) is 12.2. The van der Waals surface area contributed by atoms with E-state index in [4.69, 9.17) is 0 Å². The summed E-state index contributed by atoms with van der Waals surface area (Å²) in [4.78, 5) is 12.4. The molecule has 3 rings (SSSR count). The highest BCUT2D eigenvalue weighted by Gasteiger charge is 2.17. The quantitative estimate of drug-likeness (QED) is 0.614. The Bertz CT molecular complexity index is 1090. The Morgan fingerprint density at radius 3 is 2.58 bits per heavy atom. The fraction of sp³-hybridized carbons (Fsp3) is 0.188. The van der Waals surface area contributed by atoms with Crippen molar-refractivity contribution in [3.05, 3.63) is 64.0 Å². The smallest absolute Gasteiger partial charge is 0.281 e. The van der Waals surface area contributed by atoms with Gasteiger partial charge < -0.3 is 0 Å². The second-order valence-corrected chi connectivity index (χ2v) is 8.94. The van der Waals surface area contributed by atoms with E-state index in [-0.39, 0.29) is 17.0 Å². The van der Waals surface area contributed by atoms with Gasteiger partial charge in [-0.05, 0) is 29.8 Å². The third kappa shape index (κ3) is 4.13. The largest absolute Gasteiger partial charge is 0.297 e. The van der Waals surface area contributed by atoms with Crippen LogP contribution in [-0.4, -0.2) is 31.0 Å². The second-order valence-electron chi connectivity index (χ2n) is 5.63. The zero-order valence-corrected chi connectivity index (χ0v) is 15.9. The van der Waals surface area contributed by atoms with Crippen molar-refractivity contribution in [1.29, 1.82) is 0 Å². The standard InChI is InChI=1S/C16H13BrF2N4O2S/c1-26(25,9-10-2-5-12(17)6-3-10)22-16(24)11-4-7-13-20-21-15(14(18)19)23(13)8-11/h2-8,14H,9H2,1H3. The van der Waals surface area contributed by atoms with Crippen molar-refractivity contribution in [1.82, 2.24) is 14.6 Å². The summed E-state index contributed by atoms with van der Waals surface area (Å²) in [6, 6.07) is 9.95. The van der Waals surface area contributed by atoms with Crippen molar-refractivity contribution < 1.29 is 17.8 Å². The molecule has 6 nitrogen and oxygen atoms in total. The summed E-state index contributed by atoms with van der Waals surface area (Å²) in [6.07, 6.45) is -0.271. The van der Waals surface area contributed by atoms with Crippen molar-refractivity contribution >= 4 is 37.2 Å². The van der Waals surface area contributed by atoms with Gasteiger partial charge in [-0.15, -0.1) is 10.2 Å². The number of hydrogen-bond acceptors (Lipinski definition) is 4. The van der Waals surface area contributed by atoms with Gasteiger partial charge >= 0.3 is 0 Å². The molecule has 0 spiro atoms. The molecule has 2 aromatic heterocycles. The lowest BCUT2D eigenvalue weighted by molar-refractivity contribution is 0.100. The third-order valence-electron chi connectivity index (χ3n) is 3.49. The minimum atomic E-state index is -2.84. The molecule has 0 aliphatic heterocycles. The Hall–Kier alpha value is -2.20. The third-order valence-corrected chi connectivity index (χ3v) is 5.44. The summed E-state index contributed by atoms with van der Waals surface area (Å²) in [5, 5.41) is 7.00. The summed E-state index contributed by atoms with van der Waals surface area (Å²) in [6.45, 7) is 0. The van der Waals surface area contributed by atoms with Crippen LogP contribution in [0.15, 0.2) is 51.4 Å². The lowest BCUT2D eigenvalue weighted by Crippen LogP contribution is -2.07. The number of aromatic nitrogens is 3. The maximum atomic E-state index is 12.9. The fourth-order valence-electron chi connectivity index (χ4n) is 2.33. The van der Waals surface area contributed by atoms with E-state index in [9.17, 15) is 17.8 Å². The second kappa shape index (κ2) is 7.20. The first-order valence-electron chi connectivity index (χ1n) is 7.36. The molecule has 3 aromatic rings. The molecule has 1 atom stereocenters. The van der Waals surface area contributed by atoms with Crippen molar-refractivity contribution in [3.63, 3.8) is 0 Å². The monoisotopic (exact) mass is 442 g/mol. The number of benzene rings is 1. The number of alkyl halides is 2. The van der Waals surface area contributed by atoms with Gasteiger partial charge in [-0.1, -0.05) is 28.1 Å². The normalized spacial score (nSPS) is 13.7. The Morgan fingerprint density at radius 1 is 1.23 bits per heavy atom. The molecular weight excluding hydrogens is 430 g/mol. The summed E-state index contributed by atoms with van der Waals surface area (Å²) in [5.41, 5.74) is 0.986. The van der Waals surface area contributed by atoms with Crippen LogP contribution in [-0.2, 0) is 15.5 Å². The first-order valence-corrected chi connectivity index (χ1v) is 10.3. The first kappa shape index (κ1) is 18.6. The average molecular weight is 443 g/mol. The average Bonchev–Trinajstić information content (AvgIpc) is 2.99. The molecule has 0 aliphatic carbocycles. The van der Waals surface area contributed by atoms with Crippen LogP contribution >= 0.6 is 15.9 Å². The zero-order valence-electron chi connectivity index (χ0n) is 13.5. The number of carbonyl (C=O) groups is 1. The van der Waals surface area contributed by atoms with Gasteiger partial charge in [0.05, 0.1) is 21.0 Å². The Kier molecular flexibility index (Phi) is 5.15. The number of nitrogens with zero attached hydrogens (tertiary/aromatic N) is 4. The lowest BCUT2D eigenvalue weighted by Gasteiger charge is -2.05. The van der Waals surface area contributed by atoms with Gasteiger partial charge in [-0.3, -0.25) is 9.20 Å². The number of hydrogen-bond donors (Lipinski definition) is 0. The number of rotatable bonds is 4. The van der Waals surface area contributed by atoms with Gasteiger partial charge in [-0.25, -0.2) is 13.0 Å². The van der Waals surface area contributed by atoms with E-state index in [1.165, 1.54) is 24.6 Å². The zero-order chi connectivity index (χ0) is 18.9. The van der Waals surface area contributed by atoms with Gasteiger partial charge in [0.1, 0.15) is 0 Å². The fourth-order valence-corrected chi connectivity index (χ4v) is 3.93. The highest BCUT2D eigenvalue weighted by atomic mass is 79.9. The van der Waals surface area contributed by atoms with E-state index >= 15 is 0 Å². The minimum Gasteiger partial charge on any atom is -0.281 e. The molecule has 0 N–H and O–H groups in total. The molecule has 1 aromatic carbocycles. The molecule has 0 aliphatic rings. The molecule has 0 radical (unpaired) electrons. The molecule has 0 fully saturated rings. The van der Waals surface area contributed by atoms with Gasteiger partial charge in [-0.2, -0.15) is 4.36 Å². The number of carbonyl (C=O) groups excluding carboxylic acids is 1. The van der Waals surface area contributed by atoms with E-state index in [0.29, 0.717) is 0 Å². The van der Waals surface area contributed by atoms with Crippen LogP contribution in [0.4, 0.5) is 8.78 Å². The van der Waals surface area contributed by atoms with Crippen LogP contribution in [0.5, 0.6) is 0 Å². The SMILES string of the molecule is CS(=O)(Cc1ccc(Br)cc1)=NC(=O)c1ccc2nnc(C(F)F)n2c1. The lowest BCUT2D eigenvalue weighted by atomic mass is 10.2. The van der Waals surface area contributed by atoms with E-state index in [1.807, 2.05) is 0 Å². The molecule has 0 saturated carbocycles. The highest BCUT2D eigenvalue weighted by molar-refractivity contribution is 9.10. The molecule has 0 saturated heterocycles. The predicted molar refractivity (Wildman–Crippen MR) is 96.6 cm³/mol. The van der Waals surface area contributed by atoms with Crippen molar-refractivity contribution in [3.8, 4) is 0 Å². The van der Waals surface area contributed by atoms with Crippen LogP contribution < -0.4 is 0 Å². The van der Waals surface area contributed by atoms with Gasteiger partial charge in [0.15, 0.2) is 5.65 Å². The predicted octanol–water partition coefficient (Wildman–Crippen LogP) is 3.87. The summed E-state index contributed by atoms with van der Waals surface area (Å²) < 4.78 is 44.2. The van der Waals surface area contributed by atoms with Crippen molar-refractivity contribution in [2.75, 3.05) is 6.26 Å². The topological polar surface area (TPSA) is 76.7 Å². The van der Waals surface area contributed by atoms with E-state index < -0.39 is 27.9 Å². The molecular formula is C16H13BrF2N4O2S. The molecule has 1 amide bonds. The number of fused-ring (bicyclic) bond motifs is 1.